The fourth-order valence-electron chi connectivity index (χ4n) is 3.88. The summed E-state index contributed by atoms with van der Waals surface area (Å²) < 4.78 is 7.90. The molecule has 1 atom stereocenters. The average molecular weight is 431 g/mol. The average Bonchev–Trinajstić information content (AvgIpc) is 3.24. The highest BCUT2D eigenvalue weighted by molar-refractivity contribution is 6.22. The number of nitrogens with one attached hydrogen (secondary N) is 1. The van der Waals surface area contributed by atoms with Gasteiger partial charge in [-0.1, -0.05) is 0 Å². The highest BCUT2D eigenvalue weighted by atomic mass is 16.5. The third-order valence-electron chi connectivity index (χ3n) is 5.55. The fraction of sp³-hybridized carbons (Fsp3) is 0.348. The second kappa shape index (κ2) is 9.58. The lowest BCUT2D eigenvalue weighted by molar-refractivity contribution is 0.223. The number of hydrogen-bond acceptors (Lipinski definition) is 8. The minimum Gasteiger partial charge on any atom is -0.482 e. The number of fused-ring (bicyclic) bond motifs is 1. The molecule has 0 spiro atoms. The zero-order chi connectivity index (χ0) is 22.5. The first-order valence-corrected chi connectivity index (χ1v) is 10.6. The Bertz CT molecular complexity index is 1190. The largest absolute Gasteiger partial charge is 0.482 e. The molecular formula is C23H26N8O. The van der Waals surface area contributed by atoms with E-state index in [-0.39, 0.29) is 12.1 Å². The van der Waals surface area contributed by atoms with E-state index in [2.05, 4.69) is 26.5 Å². The van der Waals surface area contributed by atoms with Gasteiger partial charge < -0.3 is 15.8 Å². The zero-order valence-corrected chi connectivity index (χ0v) is 18.2. The van der Waals surface area contributed by atoms with Crippen LogP contribution in [0.5, 0.6) is 5.75 Å². The number of nitrogens with zero attached hydrogens (tertiary/aromatic N) is 6. The Balaban J connectivity index is 1.73. The first-order chi connectivity index (χ1) is 15.6. The third-order valence-corrected chi connectivity index (χ3v) is 5.55. The number of nitrogens with two attached hydrogens (primary N) is 1. The molecule has 1 fully saturated rings. The lowest BCUT2D eigenvalue weighted by Crippen LogP contribution is -2.30. The molecular weight excluding hydrogens is 404 g/mol. The molecule has 0 amide bonds. The van der Waals surface area contributed by atoms with E-state index in [1.165, 1.54) is 6.20 Å². The molecule has 4 rings (SSSR count). The molecule has 1 unspecified atom stereocenters. The fourth-order valence-corrected chi connectivity index (χ4v) is 3.88. The van der Waals surface area contributed by atoms with Crippen molar-refractivity contribution >= 4 is 16.8 Å². The molecule has 3 aromatic rings. The third kappa shape index (κ3) is 4.45. The number of aliphatic imine (C=N–C) groups is 1. The smallest absolute Gasteiger partial charge is 0.148 e. The summed E-state index contributed by atoms with van der Waals surface area (Å²) in [6.45, 7) is 5.80. The van der Waals surface area contributed by atoms with Crippen molar-refractivity contribution in [1.29, 1.82) is 5.26 Å². The SMILES string of the molecule is CC(=NC1CCNCC1)/C(=C\N)c1cc(OC(C)c2cnccn2)c2c(C#N)cnn2c1. The summed E-state index contributed by atoms with van der Waals surface area (Å²) in [6.07, 6.45) is 11.5. The van der Waals surface area contributed by atoms with Crippen LogP contribution in [0.15, 0.2) is 48.2 Å². The lowest BCUT2D eigenvalue weighted by Gasteiger charge is -2.21. The normalized spacial score (nSPS) is 16.7. The number of pyridine rings is 1. The maximum Gasteiger partial charge on any atom is 0.148 e. The Labute approximate surface area is 186 Å². The topological polar surface area (TPSA) is 127 Å². The summed E-state index contributed by atoms with van der Waals surface area (Å²) >= 11 is 0. The molecule has 0 aromatic carbocycles. The number of piperidine rings is 1. The van der Waals surface area contributed by atoms with Crippen LogP contribution in [0.3, 0.4) is 0 Å². The first-order valence-electron chi connectivity index (χ1n) is 10.6. The molecule has 0 radical (unpaired) electrons. The highest BCUT2D eigenvalue weighted by Gasteiger charge is 2.19. The minimum absolute atomic E-state index is 0.275. The van der Waals surface area contributed by atoms with Crippen LogP contribution in [-0.2, 0) is 0 Å². The Morgan fingerprint density at radius 3 is 2.88 bits per heavy atom. The molecule has 1 saturated heterocycles. The van der Waals surface area contributed by atoms with Gasteiger partial charge in [0.15, 0.2) is 0 Å². The Hall–Kier alpha value is -3.77. The van der Waals surface area contributed by atoms with Gasteiger partial charge in [-0.2, -0.15) is 10.4 Å². The molecule has 0 saturated carbocycles. The van der Waals surface area contributed by atoms with Crippen LogP contribution >= 0.6 is 0 Å². The van der Waals surface area contributed by atoms with Gasteiger partial charge in [0.25, 0.3) is 0 Å². The van der Waals surface area contributed by atoms with Crippen LogP contribution in [0.1, 0.15) is 49.6 Å². The van der Waals surface area contributed by atoms with Gasteiger partial charge in [0.1, 0.15) is 29.0 Å². The molecule has 9 nitrogen and oxygen atoms in total. The van der Waals surface area contributed by atoms with Crippen LogP contribution in [0.25, 0.3) is 11.1 Å². The molecule has 0 bridgehead atoms. The van der Waals surface area contributed by atoms with Crippen molar-refractivity contribution in [3.8, 4) is 11.8 Å². The molecule has 4 heterocycles. The van der Waals surface area contributed by atoms with E-state index in [1.54, 1.807) is 29.3 Å². The van der Waals surface area contributed by atoms with Crippen LogP contribution < -0.4 is 15.8 Å². The quantitative estimate of drug-likeness (QED) is 0.576. The number of ether oxygens (including phenoxy) is 1. The highest BCUT2D eigenvalue weighted by Crippen LogP contribution is 2.31. The summed E-state index contributed by atoms with van der Waals surface area (Å²) in [4.78, 5) is 13.3. The van der Waals surface area contributed by atoms with E-state index in [1.807, 2.05) is 26.1 Å². The van der Waals surface area contributed by atoms with Gasteiger partial charge in [0.05, 0.1) is 24.1 Å². The Morgan fingerprint density at radius 2 is 2.19 bits per heavy atom. The molecule has 164 valence electrons. The van der Waals surface area contributed by atoms with Crippen molar-refractivity contribution in [2.75, 3.05) is 13.1 Å². The van der Waals surface area contributed by atoms with Crippen molar-refractivity contribution in [3.05, 3.63) is 60.1 Å². The summed E-state index contributed by atoms with van der Waals surface area (Å²) in [5, 5.41) is 17.3. The van der Waals surface area contributed by atoms with Crippen LogP contribution in [0, 0.1) is 11.3 Å². The van der Waals surface area contributed by atoms with Gasteiger partial charge in [-0.25, -0.2) is 4.52 Å². The number of allylic oxidation sites excluding steroid dienone is 1. The van der Waals surface area contributed by atoms with Crippen molar-refractivity contribution in [2.24, 2.45) is 10.7 Å². The molecule has 9 heteroatoms. The number of aromatic nitrogens is 4. The summed E-state index contributed by atoms with van der Waals surface area (Å²) in [6, 6.07) is 4.34. The van der Waals surface area contributed by atoms with Gasteiger partial charge in [0.2, 0.25) is 0 Å². The molecule has 3 N–H and O–H groups in total. The van der Waals surface area contributed by atoms with E-state index in [4.69, 9.17) is 15.5 Å². The lowest BCUT2D eigenvalue weighted by atomic mass is 10.0. The first kappa shape index (κ1) is 21.5. The van der Waals surface area contributed by atoms with Crippen molar-refractivity contribution < 1.29 is 4.74 Å². The van der Waals surface area contributed by atoms with Gasteiger partial charge in [-0.15, -0.1) is 0 Å². The van der Waals surface area contributed by atoms with E-state index >= 15 is 0 Å². The van der Waals surface area contributed by atoms with Crippen LogP contribution in [0.2, 0.25) is 0 Å². The standard InChI is InChI=1S/C23H26N8O/c1-15(30-19-3-5-26-6-4-19)20(11-25)17-9-22(23-18(10-24)12-29-31(23)14-17)32-16(2)21-13-27-7-8-28-21/h7-9,11-14,16,19,26H,3-6,25H2,1-2H3/b20-11+,30-15?. The number of hydrogen-bond donors (Lipinski definition) is 2. The number of rotatable bonds is 6. The summed E-state index contributed by atoms with van der Waals surface area (Å²) in [7, 11) is 0. The van der Waals surface area contributed by atoms with Crippen molar-refractivity contribution in [2.45, 2.75) is 38.8 Å². The Morgan fingerprint density at radius 1 is 1.38 bits per heavy atom. The zero-order valence-electron chi connectivity index (χ0n) is 18.2. The molecule has 3 aromatic heterocycles. The van der Waals surface area contributed by atoms with Crippen LogP contribution in [-0.4, -0.2) is 44.4 Å². The van der Waals surface area contributed by atoms with E-state index in [0.717, 1.165) is 42.8 Å². The minimum atomic E-state index is -0.376. The second-order valence-electron chi connectivity index (χ2n) is 7.72. The van der Waals surface area contributed by atoms with Gasteiger partial charge >= 0.3 is 0 Å². The molecule has 32 heavy (non-hydrogen) atoms. The van der Waals surface area contributed by atoms with E-state index in [9.17, 15) is 5.26 Å². The Kier molecular flexibility index (Phi) is 6.42. The maximum atomic E-state index is 9.56. The maximum absolute atomic E-state index is 9.56. The van der Waals surface area contributed by atoms with Crippen molar-refractivity contribution in [1.82, 2.24) is 24.9 Å². The summed E-state index contributed by atoms with van der Waals surface area (Å²) in [5.74, 6) is 0.517. The molecule has 0 aliphatic carbocycles. The van der Waals surface area contributed by atoms with Crippen LogP contribution in [0.4, 0.5) is 0 Å². The van der Waals surface area contributed by atoms with Gasteiger partial charge in [-0.3, -0.25) is 15.0 Å². The predicted molar refractivity (Wildman–Crippen MR) is 122 cm³/mol. The van der Waals surface area contributed by atoms with Crippen molar-refractivity contribution in [3.63, 3.8) is 0 Å². The number of nitriles is 1. The van der Waals surface area contributed by atoms with E-state index in [0.29, 0.717) is 22.5 Å². The van der Waals surface area contributed by atoms with Gasteiger partial charge in [-0.05, 0) is 45.8 Å². The van der Waals surface area contributed by atoms with Gasteiger partial charge in [0, 0.05) is 41.6 Å². The summed E-state index contributed by atoms with van der Waals surface area (Å²) in [5.41, 5.74) is 10.2. The monoisotopic (exact) mass is 430 g/mol. The predicted octanol–water partition coefficient (Wildman–Crippen LogP) is 2.65. The molecule has 1 aliphatic heterocycles. The van der Waals surface area contributed by atoms with E-state index < -0.39 is 0 Å². The second-order valence-corrected chi connectivity index (χ2v) is 7.72. The molecule has 1 aliphatic rings.